The summed E-state index contributed by atoms with van der Waals surface area (Å²) in [5.41, 5.74) is 6.58. The molecule has 0 aliphatic heterocycles. The number of ether oxygens (including phenoxy) is 1. The second-order valence-electron chi connectivity index (χ2n) is 4.12. The zero-order valence-electron chi connectivity index (χ0n) is 10.9. The average molecular weight is 346 g/mol. The first-order valence-corrected chi connectivity index (χ1v) is 6.95. The van der Waals surface area contributed by atoms with E-state index in [1.165, 1.54) is 19.2 Å². The first kappa shape index (κ1) is 15.8. The summed E-state index contributed by atoms with van der Waals surface area (Å²) in [7, 11) is 1.45. The van der Waals surface area contributed by atoms with Crippen LogP contribution in [-0.4, -0.2) is 13.0 Å². The van der Waals surface area contributed by atoms with E-state index in [0.717, 1.165) is 0 Å². The predicted octanol–water partition coefficient (Wildman–Crippen LogP) is 4.49. The molecule has 0 heterocycles. The van der Waals surface area contributed by atoms with Crippen LogP contribution in [0.2, 0.25) is 15.1 Å². The smallest absolute Gasteiger partial charge is 0.261 e. The van der Waals surface area contributed by atoms with Crippen LogP contribution >= 0.6 is 34.8 Å². The van der Waals surface area contributed by atoms with Crippen molar-refractivity contribution in [2.24, 2.45) is 0 Å². The molecular formula is C14H11Cl3N2O2. The van der Waals surface area contributed by atoms with Gasteiger partial charge in [-0.2, -0.15) is 0 Å². The van der Waals surface area contributed by atoms with Crippen LogP contribution in [0.5, 0.6) is 5.75 Å². The molecule has 7 heteroatoms. The van der Waals surface area contributed by atoms with Gasteiger partial charge < -0.3 is 15.8 Å². The Morgan fingerprint density at radius 1 is 1.19 bits per heavy atom. The van der Waals surface area contributed by atoms with Crippen LogP contribution in [0.1, 0.15) is 10.4 Å². The van der Waals surface area contributed by atoms with Crippen molar-refractivity contribution in [3.8, 4) is 5.75 Å². The van der Waals surface area contributed by atoms with E-state index in [1.807, 2.05) is 0 Å². The molecule has 0 atom stereocenters. The van der Waals surface area contributed by atoms with Gasteiger partial charge >= 0.3 is 0 Å². The number of anilines is 2. The summed E-state index contributed by atoms with van der Waals surface area (Å²) in [5, 5.41) is 3.45. The Kier molecular flexibility index (Phi) is 4.83. The van der Waals surface area contributed by atoms with Crippen molar-refractivity contribution in [1.29, 1.82) is 0 Å². The van der Waals surface area contributed by atoms with Crippen molar-refractivity contribution >= 4 is 52.1 Å². The fourth-order valence-corrected chi connectivity index (χ4v) is 2.71. The molecule has 0 saturated carbocycles. The fourth-order valence-electron chi connectivity index (χ4n) is 1.80. The van der Waals surface area contributed by atoms with E-state index in [1.54, 1.807) is 18.2 Å². The van der Waals surface area contributed by atoms with Gasteiger partial charge in [0.2, 0.25) is 0 Å². The molecule has 0 bridgehead atoms. The molecule has 0 radical (unpaired) electrons. The summed E-state index contributed by atoms with van der Waals surface area (Å²) in [4.78, 5) is 12.4. The largest absolute Gasteiger partial charge is 0.496 e. The van der Waals surface area contributed by atoms with E-state index < -0.39 is 5.91 Å². The first-order valence-electron chi connectivity index (χ1n) is 5.82. The highest BCUT2D eigenvalue weighted by atomic mass is 35.5. The normalized spacial score (nSPS) is 10.3. The predicted molar refractivity (Wildman–Crippen MR) is 86.8 cm³/mol. The van der Waals surface area contributed by atoms with Crippen LogP contribution in [0, 0.1) is 0 Å². The summed E-state index contributed by atoms with van der Waals surface area (Å²) in [6.45, 7) is 0. The van der Waals surface area contributed by atoms with Gasteiger partial charge in [0.05, 0.1) is 22.8 Å². The lowest BCUT2D eigenvalue weighted by Gasteiger charge is -2.13. The van der Waals surface area contributed by atoms with Gasteiger partial charge in [0, 0.05) is 10.7 Å². The third-order valence-electron chi connectivity index (χ3n) is 2.75. The Bertz CT molecular complexity index is 682. The molecule has 0 aromatic heterocycles. The molecular weight excluding hydrogens is 335 g/mol. The number of hydrogen-bond donors (Lipinski definition) is 2. The average Bonchev–Trinajstić information content (AvgIpc) is 2.42. The highest BCUT2D eigenvalue weighted by Gasteiger charge is 2.18. The molecule has 0 unspecified atom stereocenters. The van der Waals surface area contributed by atoms with Crippen LogP contribution in [0.25, 0.3) is 0 Å². The summed E-state index contributed by atoms with van der Waals surface area (Å²) in [6.07, 6.45) is 0. The molecule has 2 aromatic carbocycles. The molecule has 110 valence electrons. The maximum atomic E-state index is 12.4. The zero-order chi connectivity index (χ0) is 15.6. The standard InChI is InChI=1S/C14H11Cl3N2O2/c1-21-11-4-2-3-10(18)12(11)14(20)19-13-8(16)5-7(15)6-9(13)17/h2-6H,18H2,1H3,(H,19,20). The van der Waals surface area contributed by atoms with Crippen molar-refractivity contribution in [2.75, 3.05) is 18.2 Å². The lowest BCUT2D eigenvalue weighted by atomic mass is 10.1. The van der Waals surface area contributed by atoms with Crippen LogP contribution in [0.4, 0.5) is 11.4 Å². The van der Waals surface area contributed by atoms with Gasteiger partial charge in [0.1, 0.15) is 11.3 Å². The van der Waals surface area contributed by atoms with E-state index >= 15 is 0 Å². The number of nitrogens with two attached hydrogens (primary N) is 1. The monoisotopic (exact) mass is 344 g/mol. The van der Waals surface area contributed by atoms with Gasteiger partial charge in [-0.3, -0.25) is 4.79 Å². The Labute approximate surface area is 136 Å². The van der Waals surface area contributed by atoms with E-state index in [4.69, 9.17) is 45.3 Å². The molecule has 0 spiro atoms. The Hall–Kier alpha value is -1.62. The number of halogens is 3. The number of carbonyl (C=O) groups is 1. The second-order valence-corrected chi connectivity index (χ2v) is 5.37. The second kappa shape index (κ2) is 6.43. The van der Waals surface area contributed by atoms with Crippen molar-refractivity contribution in [1.82, 2.24) is 0 Å². The van der Waals surface area contributed by atoms with Gasteiger partial charge in [-0.25, -0.2) is 0 Å². The number of nitrogens with one attached hydrogen (secondary N) is 1. The van der Waals surface area contributed by atoms with Crippen LogP contribution in [-0.2, 0) is 0 Å². The quantitative estimate of drug-likeness (QED) is 0.806. The number of carbonyl (C=O) groups excluding carboxylic acids is 1. The number of amides is 1. The van der Waals surface area contributed by atoms with Crippen LogP contribution < -0.4 is 15.8 Å². The Morgan fingerprint density at radius 3 is 2.38 bits per heavy atom. The molecule has 1 amide bonds. The minimum absolute atomic E-state index is 0.210. The molecule has 4 nitrogen and oxygen atoms in total. The van der Waals surface area contributed by atoms with E-state index in [9.17, 15) is 4.79 Å². The summed E-state index contributed by atoms with van der Waals surface area (Å²) >= 11 is 17.9. The molecule has 2 rings (SSSR count). The molecule has 0 saturated heterocycles. The first-order chi connectivity index (χ1) is 9.93. The molecule has 0 aliphatic carbocycles. The van der Waals surface area contributed by atoms with Crippen molar-refractivity contribution in [2.45, 2.75) is 0 Å². The summed E-state index contributed by atoms with van der Waals surface area (Å²) in [5.74, 6) is -0.121. The highest BCUT2D eigenvalue weighted by molar-refractivity contribution is 6.42. The molecule has 3 N–H and O–H groups in total. The van der Waals surface area contributed by atoms with Crippen LogP contribution in [0.3, 0.4) is 0 Å². The van der Waals surface area contributed by atoms with Crippen molar-refractivity contribution in [3.05, 3.63) is 51.0 Å². The van der Waals surface area contributed by atoms with Gasteiger partial charge in [-0.05, 0) is 24.3 Å². The molecule has 0 fully saturated rings. The SMILES string of the molecule is COc1cccc(N)c1C(=O)Nc1c(Cl)cc(Cl)cc1Cl. The van der Waals surface area contributed by atoms with E-state index in [-0.39, 0.29) is 27.0 Å². The number of methoxy groups -OCH3 is 1. The minimum Gasteiger partial charge on any atom is -0.496 e. The maximum Gasteiger partial charge on any atom is 0.261 e. The fraction of sp³-hybridized carbons (Fsp3) is 0.0714. The molecule has 0 aliphatic rings. The minimum atomic E-state index is -0.476. The summed E-state index contributed by atoms with van der Waals surface area (Å²) < 4.78 is 5.14. The van der Waals surface area contributed by atoms with Crippen molar-refractivity contribution in [3.63, 3.8) is 0 Å². The lowest BCUT2D eigenvalue weighted by molar-refractivity contribution is 0.102. The van der Waals surface area contributed by atoms with Crippen LogP contribution in [0.15, 0.2) is 30.3 Å². The van der Waals surface area contributed by atoms with Crippen molar-refractivity contribution < 1.29 is 9.53 Å². The lowest BCUT2D eigenvalue weighted by Crippen LogP contribution is -2.16. The Morgan fingerprint density at radius 2 is 1.81 bits per heavy atom. The highest BCUT2D eigenvalue weighted by Crippen LogP contribution is 2.35. The van der Waals surface area contributed by atoms with Gasteiger partial charge in [-0.1, -0.05) is 40.9 Å². The van der Waals surface area contributed by atoms with Gasteiger partial charge in [0.25, 0.3) is 5.91 Å². The zero-order valence-corrected chi connectivity index (χ0v) is 13.2. The van der Waals surface area contributed by atoms with Gasteiger partial charge in [0.15, 0.2) is 0 Å². The number of rotatable bonds is 3. The van der Waals surface area contributed by atoms with Gasteiger partial charge in [-0.15, -0.1) is 0 Å². The third kappa shape index (κ3) is 3.35. The summed E-state index contributed by atoms with van der Waals surface area (Å²) in [6, 6.07) is 7.89. The Balaban J connectivity index is 2.40. The molecule has 2 aromatic rings. The molecule has 21 heavy (non-hydrogen) atoms. The third-order valence-corrected chi connectivity index (χ3v) is 3.57. The number of nitrogen functional groups attached to an aromatic ring is 1. The van der Waals surface area contributed by atoms with E-state index in [0.29, 0.717) is 10.8 Å². The number of hydrogen-bond acceptors (Lipinski definition) is 3. The maximum absolute atomic E-state index is 12.4. The van der Waals surface area contributed by atoms with E-state index in [2.05, 4.69) is 5.32 Å². The number of benzene rings is 2. The topological polar surface area (TPSA) is 64.3 Å².